The Balaban J connectivity index is 2.11. The molecular formula is C15H16N4S. The van der Waals surface area contributed by atoms with Crippen LogP contribution in [0, 0.1) is 13.8 Å². The SMILES string of the molecule is Cc1sc2ncnc(Nc3ccccc3CN)c2c1C. The average molecular weight is 284 g/mol. The Bertz CT molecular complexity index is 764. The minimum absolute atomic E-state index is 0.499. The van der Waals surface area contributed by atoms with Crippen molar-refractivity contribution in [3.63, 3.8) is 0 Å². The van der Waals surface area contributed by atoms with Gasteiger partial charge in [0.25, 0.3) is 0 Å². The summed E-state index contributed by atoms with van der Waals surface area (Å²) in [5, 5.41) is 4.50. The number of hydrogen-bond donors (Lipinski definition) is 2. The molecule has 0 atom stereocenters. The van der Waals surface area contributed by atoms with Gasteiger partial charge < -0.3 is 11.1 Å². The molecule has 20 heavy (non-hydrogen) atoms. The molecule has 4 nitrogen and oxygen atoms in total. The van der Waals surface area contributed by atoms with Crippen molar-refractivity contribution in [1.29, 1.82) is 0 Å². The van der Waals surface area contributed by atoms with Crippen LogP contribution < -0.4 is 11.1 Å². The zero-order valence-corrected chi connectivity index (χ0v) is 12.3. The first-order valence-electron chi connectivity index (χ1n) is 6.46. The molecule has 0 amide bonds. The molecule has 0 unspecified atom stereocenters. The van der Waals surface area contributed by atoms with Crippen molar-refractivity contribution in [2.75, 3.05) is 5.32 Å². The summed E-state index contributed by atoms with van der Waals surface area (Å²) in [7, 11) is 0. The van der Waals surface area contributed by atoms with Crippen molar-refractivity contribution in [2.45, 2.75) is 20.4 Å². The van der Waals surface area contributed by atoms with Gasteiger partial charge in [0.1, 0.15) is 17.0 Å². The molecule has 3 N–H and O–H groups in total. The number of benzene rings is 1. The summed E-state index contributed by atoms with van der Waals surface area (Å²) >= 11 is 1.70. The molecule has 5 heteroatoms. The van der Waals surface area contributed by atoms with E-state index in [9.17, 15) is 0 Å². The molecule has 102 valence electrons. The lowest BCUT2D eigenvalue weighted by Crippen LogP contribution is -2.03. The largest absolute Gasteiger partial charge is 0.339 e. The minimum atomic E-state index is 0.499. The molecule has 0 radical (unpaired) electrons. The first-order chi connectivity index (χ1) is 9.70. The quantitative estimate of drug-likeness (QED) is 0.772. The molecule has 0 spiro atoms. The molecule has 0 saturated carbocycles. The number of hydrogen-bond acceptors (Lipinski definition) is 5. The fraction of sp³-hybridized carbons (Fsp3) is 0.200. The Morgan fingerprint density at radius 2 is 2.00 bits per heavy atom. The Labute approximate surface area is 121 Å². The van der Waals surface area contributed by atoms with E-state index in [4.69, 9.17) is 5.73 Å². The van der Waals surface area contributed by atoms with Crippen LogP contribution in [0.25, 0.3) is 10.2 Å². The highest BCUT2D eigenvalue weighted by atomic mass is 32.1. The number of fused-ring (bicyclic) bond motifs is 1. The summed E-state index contributed by atoms with van der Waals surface area (Å²) in [6.45, 7) is 4.72. The van der Waals surface area contributed by atoms with Crippen molar-refractivity contribution in [3.05, 3.63) is 46.6 Å². The maximum absolute atomic E-state index is 5.78. The van der Waals surface area contributed by atoms with E-state index in [1.165, 1.54) is 10.4 Å². The molecule has 0 bridgehead atoms. The van der Waals surface area contributed by atoms with E-state index in [1.54, 1.807) is 17.7 Å². The Morgan fingerprint density at radius 1 is 1.20 bits per heavy atom. The standard InChI is InChI=1S/C15H16N4S/c1-9-10(2)20-15-13(9)14(17-8-18-15)19-12-6-4-3-5-11(12)7-16/h3-6,8H,7,16H2,1-2H3,(H,17,18,19). The molecule has 0 fully saturated rings. The van der Waals surface area contributed by atoms with E-state index in [0.29, 0.717) is 6.54 Å². The normalized spacial score (nSPS) is 10.9. The summed E-state index contributed by atoms with van der Waals surface area (Å²) in [6, 6.07) is 8.02. The van der Waals surface area contributed by atoms with Gasteiger partial charge in [-0.15, -0.1) is 11.3 Å². The lowest BCUT2D eigenvalue weighted by molar-refractivity contribution is 1.07. The summed E-state index contributed by atoms with van der Waals surface area (Å²) < 4.78 is 0. The maximum Gasteiger partial charge on any atom is 0.142 e. The van der Waals surface area contributed by atoms with Gasteiger partial charge in [0.05, 0.1) is 5.39 Å². The third-order valence-corrected chi connectivity index (χ3v) is 4.57. The van der Waals surface area contributed by atoms with Gasteiger partial charge in [-0.1, -0.05) is 18.2 Å². The first-order valence-corrected chi connectivity index (χ1v) is 7.28. The van der Waals surface area contributed by atoms with Crippen LogP contribution in [-0.2, 0) is 6.54 Å². The van der Waals surface area contributed by atoms with Gasteiger partial charge in [0.15, 0.2) is 0 Å². The summed E-state index contributed by atoms with van der Waals surface area (Å²) in [4.78, 5) is 11.0. The van der Waals surface area contributed by atoms with Crippen molar-refractivity contribution < 1.29 is 0 Å². The van der Waals surface area contributed by atoms with Gasteiger partial charge >= 0.3 is 0 Å². The second kappa shape index (κ2) is 5.19. The number of nitrogens with one attached hydrogen (secondary N) is 1. The number of rotatable bonds is 3. The Hall–Kier alpha value is -1.98. The van der Waals surface area contributed by atoms with Crippen LogP contribution in [0.3, 0.4) is 0 Å². The Kier molecular flexibility index (Phi) is 3.38. The number of nitrogens with two attached hydrogens (primary N) is 1. The molecule has 0 saturated heterocycles. The van der Waals surface area contributed by atoms with E-state index < -0.39 is 0 Å². The number of thiophene rings is 1. The fourth-order valence-electron chi connectivity index (χ4n) is 2.22. The highest BCUT2D eigenvalue weighted by molar-refractivity contribution is 7.18. The molecule has 1 aromatic carbocycles. The molecule has 0 aliphatic carbocycles. The zero-order valence-electron chi connectivity index (χ0n) is 11.5. The van der Waals surface area contributed by atoms with Crippen molar-refractivity contribution in [3.8, 4) is 0 Å². The maximum atomic E-state index is 5.78. The predicted octanol–water partition coefficient (Wildman–Crippen LogP) is 3.51. The number of anilines is 2. The van der Waals surface area contributed by atoms with Crippen LogP contribution in [0.5, 0.6) is 0 Å². The van der Waals surface area contributed by atoms with E-state index in [-0.39, 0.29) is 0 Å². The lowest BCUT2D eigenvalue weighted by atomic mass is 10.1. The van der Waals surface area contributed by atoms with Crippen LogP contribution in [0.2, 0.25) is 0 Å². The summed E-state index contributed by atoms with van der Waals surface area (Å²) in [6.07, 6.45) is 1.60. The van der Waals surface area contributed by atoms with E-state index in [0.717, 1.165) is 27.3 Å². The number of para-hydroxylation sites is 1. The molecule has 0 aliphatic rings. The van der Waals surface area contributed by atoms with E-state index in [2.05, 4.69) is 29.1 Å². The number of aromatic nitrogens is 2. The highest BCUT2D eigenvalue weighted by Crippen LogP contribution is 2.34. The fourth-order valence-corrected chi connectivity index (χ4v) is 3.22. The summed E-state index contributed by atoms with van der Waals surface area (Å²) in [5.74, 6) is 0.845. The van der Waals surface area contributed by atoms with Crippen molar-refractivity contribution in [2.24, 2.45) is 5.73 Å². The number of nitrogens with zero attached hydrogens (tertiary/aromatic N) is 2. The molecule has 0 aliphatic heterocycles. The van der Waals surface area contributed by atoms with Crippen LogP contribution in [0.4, 0.5) is 11.5 Å². The first kappa shape index (κ1) is 13.0. The lowest BCUT2D eigenvalue weighted by Gasteiger charge is -2.11. The monoisotopic (exact) mass is 284 g/mol. The van der Waals surface area contributed by atoms with Crippen LogP contribution in [-0.4, -0.2) is 9.97 Å². The molecule has 2 heterocycles. The number of aryl methyl sites for hydroxylation is 2. The van der Waals surface area contributed by atoms with Crippen molar-refractivity contribution in [1.82, 2.24) is 9.97 Å². The second-order valence-electron chi connectivity index (χ2n) is 4.67. The highest BCUT2D eigenvalue weighted by Gasteiger charge is 2.12. The third-order valence-electron chi connectivity index (χ3n) is 3.46. The van der Waals surface area contributed by atoms with Crippen LogP contribution in [0.15, 0.2) is 30.6 Å². The topological polar surface area (TPSA) is 63.8 Å². The van der Waals surface area contributed by atoms with Crippen LogP contribution in [0.1, 0.15) is 16.0 Å². The second-order valence-corrected chi connectivity index (χ2v) is 5.88. The molecule has 3 aromatic rings. The van der Waals surface area contributed by atoms with Gasteiger partial charge in [-0.3, -0.25) is 0 Å². The van der Waals surface area contributed by atoms with Gasteiger partial charge in [-0.2, -0.15) is 0 Å². The third kappa shape index (κ3) is 2.15. The minimum Gasteiger partial charge on any atom is -0.339 e. The molecular weight excluding hydrogens is 268 g/mol. The van der Waals surface area contributed by atoms with Gasteiger partial charge in [0, 0.05) is 17.1 Å². The van der Waals surface area contributed by atoms with Crippen molar-refractivity contribution >= 4 is 33.1 Å². The average Bonchev–Trinajstić information content (AvgIpc) is 2.76. The van der Waals surface area contributed by atoms with Gasteiger partial charge in [0.2, 0.25) is 0 Å². The van der Waals surface area contributed by atoms with Gasteiger partial charge in [-0.25, -0.2) is 9.97 Å². The zero-order chi connectivity index (χ0) is 14.1. The Morgan fingerprint density at radius 3 is 2.80 bits per heavy atom. The van der Waals surface area contributed by atoms with Crippen LogP contribution >= 0.6 is 11.3 Å². The van der Waals surface area contributed by atoms with Gasteiger partial charge in [-0.05, 0) is 31.0 Å². The molecule has 3 rings (SSSR count). The predicted molar refractivity (Wildman–Crippen MR) is 84.5 cm³/mol. The summed E-state index contributed by atoms with van der Waals surface area (Å²) in [5.41, 5.74) is 9.09. The smallest absolute Gasteiger partial charge is 0.142 e. The van der Waals surface area contributed by atoms with E-state index in [1.807, 2.05) is 24.3 Å². The van der Waals surface area contributed by atoms with E-state index >= 15 is 0 Å². The molecule has 2 aromatic heterocycles.